The molecule has 0 heterocycles. The molecule has 116 valence electrons. The first kappa shape index (κ1) is 15.3. The van der Waals surface area contributed by atoms with Crippen LogP contribution in [-0.4, -0.2) is 10.2 Å². The summed E-state index contributed by atoms with van der Waals surface area (Å²) in [6, 6.07) is 10.9. The third-order valence-electron chi connectivity index (χ3n) is 6.46. The van der Waals surface area contributed by atoms with E-state index in [2.05, 4.69) is 31.2 Å². The first-order valence-corrected chi connectivity index (χ1v) is 10.7. The molecule has 1 heteroatoms. The highest BCUT2D eigenvalue weighted by Crippen LogP contribution is 2.44. The molecule has 21 heavy (non-hydrogen) atoms. The Bertz CT molecular complexity index is 420. The lowest BCUT2D eigenvalue weighted by Crippen LogP contribution is -2.25. The smallest absolute Gasteiger partial charge is 0.00314 e. The van der Waals surface area contributed by atoms with Crippen LogP contribution in [0, 0.1) is 24.7 Å². The van der Waals surface area contributed by atoms with Crippen LogP contribution >= 0.6 is 0 Å². The van der Waals surface area contributed by atoms with Gasteiger partial charge in [-0.3, -0.25) is 0 Å². The quantitative estimate of drug-likeness (QED) is 0.699. The number of aryl methyl sites for hydroxylation is 1. The summed E-state index contributed by atoms with van der Waals surface area (Å²) >= 11 is 0. The molecule has 2 aliphatic rings. The Morgan fingerprint density at radius 3 is 1.86 bits per heavy atom. The molecule has 1 aromatic carbocycles. The molecule has 1 aromatic rings. The van der Waals surface area contributed by atoms with Gasteiger partial charge in [0.1, 0.15) is 0 Å². The molecule has 0 unspecified atom stereocenters. The van der Waals surface area contributed by atoms with Gasteiger partial charge in [0.25, 0.3) is 0 Å². The van der Waals surface area contributed by atoms with Crippen LogP contribution in [0.4, 0.5) is 0 Å². The molecule has 2 fully saturated rings. The van der Waals surface area contributed by atoms with E-state index in [1.54, 1.807) is 37.3 Å². The molecule has 0 saturated heterocycles. The average Bonchev–Trinajstić information content (AvgIpc) is 2.56. The van der Waals surface area contributed by atoms with E-state index in [4.69, 9.17) is 0 Å². The van der Waals surface area contributed by atoms with Crippen molar-refractivity contribution in [3.63, 3.8) is 0 Å². The first-order chi connectivity index (χ1) is 10.3. The minimum absolute atomic E-state index is 0.847. The number of benzene rings is 1. The fraction of sp³-hybridized carbons (Fsp3) is 0.700. The van der Waals surface area contributed by atoms with Crippen LogP contribution in [0.5, 0.6) is 0 Å². The highest BCUT2D eigenvalue weighted by atomic mass is 28.1. The molecular weight excluding hydrogens is 268 g/mol. The highest BCUT2D eigenvalue weighted by Gasteiger charge is 2.30. The Labute approximate surface area is 134 Å². The predicted molar refractivity (Wildman–Crippen MR) is 96.1 cm³/mol. The van der Waals surface area contributed by atoms with Crippen LogP contribution < -0.4 is 0 Å². The molecule has 0 nitrogen and oxygen atoms in total. The van der Waals surface area contributed by atoms with Crippen molar-refractivity contribution in [1.82, 2.24) is 0 Å². The van der Waals surface area contributed by atoms with Gasteiger partial charge in [0, 0.05) is 10.2 Å². The summed E-state index contributed by atoms with van der Waals surface area (Å²) in [6.45, 7) is 2.19. The molecule has 0 aliphatic heterocycles. The van der Waals surface area contributed by atoms with E-state index >= 15 is 0 Å². The molecule has 0 N–H and O–H groups in total. The zero-order valence-corrected chi connectivity index (χ0v) is 16.0. The van der Waals surface area contributed by atoms with Crippen molar-refractivity contribution in [3.8, 4) is 0 Å². The summed E-state index contributed by atoms with van der Waals surface area (Å²) in [4.78, 5) is 0. The molecule has 0 aromatic heterocycles. The van der Waals surface area contributed by atoms with Crippen LogP contribution in [0.15, 0.2) is 24.3 Å². The van der Waals surface area contributed by atoms with Gasteiger partial charge < -0.3 is 0 Å². The summed E-state index contributed by atoms with van der Waals surface area (Å²) in [5.74, 6) is 4.09. The SMILES string of the molecule is Cc1ccc(C2CCC(C3CCC(C[SiH3])CC3)CC2)cc1. The van der Waals surface area contributed by atoms with Gasteiger partial charge in [-0.2, -0.15) is 0 Å². The summed E-state index contributed by atoms with van der Waals surface area (Å²) in [7, 11) is 1.42. The topological polar surface area (TPSA) is 0 Å². The summed E-state index contributed by atoms with van der Waals surface area (Å²) in [5, 5.41) is 0. The maximum Gasteiger partial charge on any atom is 0.00314 e. The molecule has 2 saturated carbocycles. The van der Waals surface area contributed by atoms with E-state index in [1.807, 2.05) is 0 Å². The normalized spacial score (nSPS) is 34.0. The van der Waals surface area contributed by atoms with Crippen molar-refractivity contribution in [1.29, 1.82) is 0 Å². The minimum atomic E-state index is 0.847. The van der Waals surface area contributed by atoms with Gasteiger partial charge in [-0.1, -0.05) is 48.7 Å². The van der Waals surface area contributed by atoms with Crippen molar-refractivity contribution in [2.75, 3.05) is 0 Å². The Balaban J connectivity index is 1.50. The predicted octanol–water partition coefficient (Wildman–Crippen LogP) is 4.86. The lowest BCUT2D eigenvalue weighted by molar-refractivity contribution is 0.165. The number of rotatable bonds is 3. The van der Waals surface area contributed by atoms with Crippen molar-refractivity contribution < 1.29 is 0 Å². The van der Waals surface area contributed by atoms with Gasteiger partial charge in [0.2, 0.25) is 0 Å². The highest BCUT2D eigenvalue weighted by molar-refractivity contribution is 6.08. The molecule has 3 rings (SSSR count). The zero-order valence-electron chi connectivity index (χ0n) is 14.0. The maximum atomic E-state index is 2.37. The third kappa shape index (κ3) is 3.80. The number of hydrogen-bond donors (Lipinski definition) is 0. The molecule has 0 atom stereocenters. The Kier molecular flexibility index (Phi) is 5.21. The van der Waals surface area contributed by atoms with Crippen LogP contribution in [-0.2, 0) is 0 Å². The summed E-state index contributed by atoms with van der Waals surface area (Å²) in [6.07, 6.45) is 12.1. The Morgan fingerprint density at radius 2 is 1.33 bits per heavy atom. The van der Waals surface area contributed by atoms with Crippen molar-refractivity contribution in [2.24, 2.45) is 17.8 Å². The average molecular weight is 301 g/mol. The van der Waals surface area contributed by atoms with Crippen molar-refractivity contribution in [2.45, 2.75) is 70.3 Å². The number of hydrogen-bond acceptors (Lipinski definition) is 0. The van der Waals surface area contributed by atoms with E-state index in [9.17, 15) is 0 Å². The standard InChI is InChI=1S/C20H32Si/c1-15-2-6-17(7-3-15)19-10-12-20(13-11-19)18-8-4-16(14-21)5-9-18/h2-3,6-7,16,18-20H,4-5,8-14H2,1,21H3. The van der Waals surface area contributed by atoms with Gasteiger partial charge >= 0.3 is 0 Å². The van der Waals surface area contributed by atoms with E-state index < -0.39 is 0 Å². The van der Waals surface area contributed by atoms with Gasteiger partial charge in [-0.05, 0) is 74.7 Å². The molecule has 0 spiro atoms. The lowest BCUT2D eigenvalue weighted by atomic mass is 9.68. The van der Waals surface area contributed by atoms with Crippen molar-refractivity contribution >= 4 is 10.2 Å². The van der Waals surface area contributed by atoms with E-state index in [-0.39, 0.29) is 0 Å². The molecule has 0 bridgehead atoms. The molecule has 0 radical (unpaired) electrons. The minimum Gasteiger partial charge on any atom is -0.0631 e. The first-order valence-electron chi connectivity index (χ1n) is 9.32. The fourth-order valence-corrected chi connectivity index (χ4v) is 5.65. The largest absolute Gasteiger partial charge is 0.0631 e. The van der Waals surface area contributed by atoms with E-state index in [1.165, 1.54) is 41.5 Å². The fourth-order valence-electron chi connectivity index (χ4n) is 4.83. The Hall–Kier alpha value is -0.563. The van der Waals surface area contributed by atoms with Crippen LogP contribution in [0.3, 0.4) is 0 Å². The summed E-state index contributed by atoms with van der Waals surface area (Å²) in [5.41, 5.74) is 2.99. The monoisotopic (exact) mass is 300 g/mol. The molecule has 0 amide bonds. The second kappa shape index (κ2) is 7.13. The van der Waals surface area contributed by atoms with E-state index in [0.717, 1.165) is 23.7 Å². The third-order valence-corrected chi connectivity index (χ3v) is 7.61. The van der Waals surface area contributed by atoms with E-state index in [0.29, 0.717) is 0 Å². The Morgan fingerprint density at radius 1 is 0.810 bits per heavy atom. The molecular formula is C20H32Si. The van der Waals surface area contributed by atoms with Crippen molar-refractivity contribution in [3.05, 3.63) is 35.4 Å². The van der Waals surface area contributed by atoms with Gasteiger partial charge in [0.15, 0.2) is 0 Å². The van der Waals surface area contributed by atoms with Gasteiger partial charge in [0.05, 0.1) is 0 Å². The summed E-state index contributed by atoms with van der Waals surface area (Å²) < 4.78 is 0. The van der Waals surface area contributed by atoms with Gasteiger partial charge in [-0.25, -0.2) is 0 Å². The molecule has 2 aliphatic carbocycles. The zero-order chi connectivity index (χ0) is 14.7. The second-order valence-corrected chi connectivity index (χ2v) is 8.53. The van der Waals surface area contributed by atoms with Crippen LogP contribution in [0.1, 0.15) is 68.4 Å². The maximum absolute atomic E-state index is 2.37. The second-order valence-electron chi connectivity index (χ2n) is 7.71. The lowest BCUT2D eigenvalue weighted by Gasteiger charge is -2.38. The van der Waals surface area contributed by atoms with Crippen LogP contribution in [0.25, 0.3) is 0 Å². The van der Waals surface area contributed by atoms with Gasteiger partial charge in [-0.15, -0.1) is 0 Å². The van der Waals surface area contributed by atoms with Crippen LogP contribution in [0.2, 0.25) is 6.04 Å².